The number of aliphatic hydroxyl groups excluding tert-OH is 2. The molecule has 0 saturated heterocycles. The molecule has 1 unspecified atom stereocenters. The fraction of sp³-hybridized carbons (Fsp3) is 0.280. The Morgan fingerprint density at radius 2 is 1.97 bits per heavy atom. The van der Waals surface area contributed by atoms with Crippen molar-refractivity contribution >= 4 is 50.6 Å². The number of nitrogens with zero attached hydrogens (tertiary/aromatic N) is 4. The molecule has 1 aliphatic rings. The normalized spacial score (nSPS) is 15.6. The molecule has 0 amide bonds. The van der Waals surface area contributed by atoms with Gasteiger partial charge in [-0.1, -0.05) is 41.1 Å². The molecule has 2 aromatic carbocycles. The molecule has 0 spiro atoms. The molecule has 0 saturated carbocycles. The first-order chi connectivity index (χ1) is 16.0. The Morgan fingerprint density at radius 1 is 1.21 bits per heavy atom. The van der Waals surface area contributed by atoms with Crippen molar-refractivity contribution in [3.63, 3.8) is 0 Å². The highest BCUT2D eigenvalue weighted by atomic mass is 35.5. The molecule has 170 valence electrons. The lowest BCUT2D eigenvalue weighted by Crippen LogP contribution is -2.35. The monoisotopic (exact) mass is 481 g/mol. The first-order valence-corrected chi connectivity index (χ1v) is 12.1. The maximum absolute atomic E-state index is 10.2. The van der Waals surface area contributed by atoms with Gasteiger partial charge in [-0.25, -0.2) is 0 Å². The zero-order valence-electron chi connectivity index (χ0n) is 18.6. The van der Waals surface area contributed by atoms with Crippen LogP contribution in [0.2, 0.25) is 5.02 Å². The lowest BCUT2D eigenvalue weighted by molar-refractivity contribution is -0.665. The van der Waals surface area contributed by atoms with E-state index >= 15 is 0 Å². The fourth-order valence-corrected chi connectivity index (χ4v) is 5.49. The average molecular weight is 482 g/mol. The second-order valence-electron chi connectivity index (χ2n) is 7.66. The van der Waals surface area contributed by atoms with Gasteiger partial charge in [-0.3, -0.25) is 0 Å². The van der Waals surface area contributed by atoms with Gasteiger partial charge in [0.1, 0.15) is 23.1 Å². The lowest BCUT2D eigenvalue weighted by Gasteiger charge is -2.25. The molecule has 2 N–H and O–H groups in total. The van der Waals surface area contributed by atoms with E-state index in [1.165, 1.54) is 10.2 Å². The van der Waals surface area contributed by atoms with Gasteiger partial charge >= 0.3 is 0 Å². The maximum Gasteiger partial charge on any atom is 0.262 e. The number of hydrogen-bond donors (Lipinski definition) is 2. The Balaban J connectivity index is 1.76. The number of β-amino-alcohol motifs (C(OH)–C–C–N with tert-alkyl or cyclic N) is 1. The Hall–Kier alpha value is -2.89. The minimum absolute atomic E-state index is 0.198. The quantitative estimate of drug-likeness (QED) is 0.492. The largest absolute Gasteiger partial charge is 0.394 e. The summed E-state index contributed by atoms with van der Waals surface area (Å²) in [7, 11) is 0. The third-order valence-corrected chi connectivity index (χ3v) is 7.12. The summed E-state index contributed by atoms with van der Waals surface area (Å²) in [5, 5.41) is 30.6. The number of allylic oxidation sites excluding steroid dienone is 2. The average Bonchev–Trinajstić information content (AvgIpc) is 3.32. The fourth-order valence-electron chi connectivity index (χ4n) is 4.15. The molecule has 8 heteroatoms. The van der Waals surface area contributed by atoms with Crippen molar-refractivity contribution < 1.29 is 14.8 Å². The third kappa shape index (κ3) is 4.35. The number of aryl methyl sites for hydroxylation is 1. The van der Waals surface area contributed by atoms with E-state index < -0.39 is 6.10 Å². The van der Waals surface area contributed by atoms with Crippen LogP contribution in [-0.4, -0.2) is 36.0 Å². The van der Waals surface area contributed by atoms with Gasteiger partial charge in [0.2, 0.25) is 5.52 Å². The predicted molar refractivity (Wildman–Crippen MR) is 134 cm³/mol. The van der Waals surface area contributed by atoms with Crippen molar-refractivity contribution in [3.05, 3.63) is 70.0 Å². The van der Waals surface area contributed by atoms with Gasteiger partial charge in [-0.15, -0.1) is 0 Å². The topological polar surface area (TPSA) is 74.6 Å². The first kappa shape index (κ1) is 23.3. The molecule has 0 fully saturated rings. The van der Waals surface area contributed by atoms with Gasteiger partial charge in [0.05, 0.1) is 41.2 Å². The van der Waals surface area contributed by atoms with E-state index in [2.05, 4.69) is 46.7 Å². The van der Waals surface area contributed by atoms with Crippen LogP contribution in [0.15, 0.2) is 54.4 Å². The second kappa shape index (κ2) is 9.94. The zero-order chi connectivity index (χ0) is 23.5. The Bertz CT molecular complexity index is 1280. The van der Waals surface area contributed by atoms with Gasteiger partial charge in [-0.2, -0.15) is 9.83 Å². The van der Waals surface area contributed by atoms with Gasteiger partial charge in [0.15, 0.2) is 0 Å². The highest BCUT2D eigenvalue weighted by Crippen LogP contribution is 2.44. The summed E-state index contributed by atoms with van der Waals surface area (Å²) in [6.07, 6.45) is 5.17. The van der Waals surface area contributed by atoms with Crippen LogP contribution in [0.1, 0.15) is 24.4 Å². The summed E-state index contributed by atoms with van der Waals surface area (Å²) in [4.78, 5) is 4.02. The number of rotatable bonds is 7. The number of nitriles is 1. The van der Waals surface area contributed by atoms with E-state index in [1.807, 2.05) is 30.0 Å². The summed E-state index contributed by atoms with van der Waals surface area (Å²) in [5.74, 6) is 0.853. The van der Waals surface area contributed by atoms with Crippen LogP contribution in [0.5, 0.6) is 0 Å². The zero-order valence-corrected chi connectivity index (χ0v) is 20.1. The highest BCUT2D eigenvalue weighted by molar-refractivity contribution is 7.18. The molecule has 33 heavy (non-hydrogen) atoms. The SMILES string of the molecule is CCN1C(=CC=Cc2sc3ccccc3[n+]2CC)N(CC(O)CO)c2cc(C#N)c(Cl)cc21. The Morgan fingerprint density at radius 3 is 2.67 bits per heavy atom. The molecular weight excluding hydrogens is 456 g/mol. The van der Waals surface area contributed by atoms with Crippen LogP contribution in [0.4, 0.5) is 11.4 Å². The van der Waals surface area contributed by atoms with Crippen LogP contribution < -0.4 is 14.4 Å². The van der Waals surface area contributed by atoms with Crippen LogP contribution in [-0.2, 0) is 6.54 Å². The molecule has 4 rings (SSSR count). The number of aliphatic hydroxyl groups is 2. The number of halogens is 1. The van der Waals surface area contributed by atoms with Gasteiger partial charge in [0.25, 0.3) is 5.01 Å². The van der Waals surface area contributed by atoms with Crippen molar-refractivity contribution in [1.29, 1.82) is 5.26 Å². The van der Waals surface area contributed by atoms with Crippen molar-refractivity contribution in [2.75, 3.05) is 29.5 Å². The predicted octanol–water partition coefficient (Wildman–Crippen LogP) is 4.29. The lowest BCUT2D eigenvalue weighted by atomic mass is 10.1. The number of fused-ring (bicyclic) bond motifs is 2. The number of hydrogen-bond acceptors (Lipinski definition) is 6. The summed E-state index contributed by atoms with van der Waals surface area (Å²) in [6, 6.07) is 14.0. The van der Waals surface area contributed by atoms with Crippen molar-refractivity contribution in [1.82, 2.24) is 0 Å². The molecule has 1 aromatic heterocycles. The van der Waals surface area contributed by atoms with Crippen LogP contribution in [0.3, 0.4) is 0 Å². The number of benzene rings is 2. The first-order valence-electron chi connectivity index (χ1n) is 10.9. The molecule has 0 aliphatic carbocycles. The maximum atomic E-state index is 10.2. The molecule has 0 bridgehead atoms. The summed E-state index contributed by atoms with van der Waals surface area (Å²) in [5.41, 5.74) is 3.25. The number of para-hydroxylation sites is 1. The third-order valence-electron chi connectivity index (χ3n) is 5.68. The summed E-state index contributed by atoms with van der Waals surface area (Å²) < 4.78 is 3.52. The van der Waals surface area contributed by atoms with Crippen LogP contribution >= 0.6 is 22.9 Å². The van der Waals surface area contributed by atoms with Gasteiger partial charge in [-0.05, 0) is 38.1 Å². The van der Waals surface area contributed by atoms with E-state index in [4.69, 9.17) is 11.6 Å². The molecule has 0 radical (unpaired) electrons. The van der Waals surface area contributed by atoms with Crippen molar-refractivity contribution in [2.24, 2.45) is 0 Å². The molecule has 3 aromatic rings. The smallest absolute Gasteiger partial charge is 0.262 e. The minimum atomic E-state index is -0.923. The molecule has 2 heterocycles. The van der Waals surface area contributed by atoms with Crippen molar-refractivity contribution in [3.8, 4) is 6.07 Å². The molecular formula is C25H26ClN4O2S+. The number of thiazole rings is 1. The minimum Gasteiger partial charge on any atom is -0.394 e. The highest BCUT2D eigenvalue weighted by Gasteiger charge is 2.32. The van der Waals surface area contributed by atoms with Gasteiger partial charge in [0, 0.05) is 18.7 Å². The summed E-state index contributed by atoms with van der Waals surface area (Å²) >= 11 is 8.06. The van der Waals surface area contributed by atoms with E-state index in [-0.39, 0.29) is 13.2 Å². The van der Waals surface area contributed by atoms with E-state index in [1.54, 1.807) is 23.5 Å². The molecule has 1 atom stereocenters. The van der Waals surface area contributed by atoms with Crippen molar-refractivity contribution in [2.45, 2.75) is 26.5 Å². The number of aromatic nitrogens is 1. The van der Waals surface area contributed by atoms with E-state index in [0.717, 1.165) is 28.7 Å². The van der Waals surface area contributed by atoms with Crippen LogP contribution in [0.25, 0.3) is 16.3 Å². The van der Waals surface area contributed by atoms with E-state index in [0.29, 0.717) is 17.1 Å². The summed E-state index contributed by atoms with van der Waals surface area (Å²) in [6.45, 7) is 5.57. The Labute approximate surface area is 202 Å². The molecule has 1 aliphatic heterocycles. The van der Waals surface area contributed by atoms with E-state index in [9.17, 15) is 15.5 Å². The second-order valence-corrected chi connectivity index (χ2v) is 9.13. The van der Waals surface area contributed by atoms with Gasteiger partial charge < -0.3 is 20.0 Å². The Kier molecular flexibility index (Phi) is 7.01. The molecule has 6 nitrogen and oxygen atoms in total. The number of anilines is 2. The standard InChI is InChI=1S/C25H26ClN4O2S/c1-3-28-22-13-19(26)17(14-27)12-21(22)30(15-18(32)16-31)24(28)10-7-11-25-29(4-2)20-8-5-6-9-23(20)33-25/h5-13,18,31-32H,3-4,15-16H2,1-2H3/q+1. The van der Waals surface area contributed by atoms with Crippen LogP contribution in [0, 0.1) is 11.3 Å².